The van der Waals surface area contributed by atoms with Gasteiger partial charge < -0.3 is 20.5 Å². The highest BCUT2D eigenvalue weighted by atomic mass is 32.2. The summed E-state index contributed by atoms with van der Waals surface area (Å²) in [5.74, 6) is -2.93. The minimum atomic E-state index is -4.52. The largest absolute Gasteiger partial charge is 0.477 e. The number of hydrogen-bond acceptors (Lipinski definition) is 8. The Kier molecular flexibility index (Phi) is 6.80. The van der Waals surface area contributed by atoms with E-state index in [9.17, 15) is 37.5 Å². The van der Waals surface area contributed by atoms with Crippen LogP contribution < -0.4 is 10.6 Å². The molecule has 190 valence electrons. The predicted octanol–water partition coefficient (Wildman–Crippen LogP) is 1.97. The molecular weight excluding hydrogens is 505 g/mol. The highest BCUT2D eigenvalue weighted by molar-refractivity contribution is 8.00. The molecule has 0 saturated carbocycles. The van der Waals surface area contributed by atoms with Crippen molar-refractivity contribution in [3.63, 3.8) is 0 Å². The summed E-state index contributed by atoms with van der Waals surface area (Å²) in [6, 6.07) is 3.62. The van der Waals surface area contributed by atoms with Gasteiger partial charge in [-0.1, -0.05) is 6.07 Å². The topological polar surface area (TPSA) is 138 Å². The summed E-state index contributed by atoms with van der Waals surface area (Å²) in [5, 5.41) is 14.7. The van der Waals surface area contributed by atoms with E-state index in [1.807, 2.05) is 0 Å². The molecule has 0 aliphatic carbocycles. The van der Waals surface area contributed by atoms with Crippen LogP contribution >= 0.6 is 11.8 Å². The highest BCUT2D eigenvalue weighted by Gasteiger charge is 2.54. The SMILES string of the molecule is CC(=O)OCC1=C(C(=O)O)N2C(=O)C(NC(=O)CNc3ccnc4cc(C(F)(F)F)ccc34)C2SC1. The molecule has 1 saturated heterocycles. The van der Waals surface area contributed by atoms with E-state index in [1.165, 1.54) is 37.0 Å². The number of anilines is 1. The van der Waals surface area contributed by atoms with Crippen molar-refractivity contribution in [2.24, 2.45) is 0 Å². The van der Waals surface area contributed by atoms with Gasteiger partial charge in [0.15, 0.2) is 0 Å². The van der Waals surface area contributed by atoms with Crippen LogP contribution in [0.25, 0.3) is 10.9 Å². The number of aliphatic carboxylic acids is 1. The first-order valence-corrected chi connectivity index (χ1v) is 11.5. The summed E-state index contributed by atoms with van der Waals surface area (Å²) in [6.07, 6.45) is -3.21. The van der Waals surface area contributed by atoms with Crippen LogP contribution in [0.15, 0.2) is 41.7 Å². The first kappa shape index (κ1) is 25.3. The van der Waals surface area contributed by atoms with E-state index in [0.717, 1.165) is 17.0 Å². The van der Waals surface area contributed by atoms with E-state index in [4.69, 9.17) is 4.74 Å². The third kappa shape index (κ3) is 4.94. The number of rotatable bonds is 7. The number of carboxylic acids is 1. The van der Waals surface area contributed by atoms with Crippen LogP contribution in [0.3, 0.4) is 0 Å². The zero-order valence-corrected chi connectivity index (χ0v) is 19.4. The smallest absolute Gasteiger partial charge is 0.416 e. The Morgan fingerprint density at radius 2 is 2.03 bits per heavy atom. The molecule has 1 fully saturated rings. The summed E-state index contributed by atoms with van der Waals surface area (Å²) >= 11 is 1.22. The van der Waals surface area contributed by atoms with Gasteiger partial charge in [-0.05, 0) is 18.2 Å². The lowest BCUT2D eigenvalue weighted by atomic mass is 10.0. The number of β-lactam (4-membered cyclic amide) rings is 1. The van der Waals surface area contributed by atoms with Crippen LogP contribution in [0, 0.1) is 0 Å². The number of alkyl halides is 3. The minimum absolute atomic E-state index is 0.0937. The molecule has 2 atom stereocenters. The van der Waals surface area contributed by atoms with Crippen LogP contribution in [-0.2, 0) is 30.1 Å². The van der Waals surface area contributed by atoms with Crippen molar-refractivity contribution in [2.45, 2.75) is 24.5 Å². The molecular formula is C22H19F3N4O6S. The van der Waals surface area contributed by atoms with Gasteiger partial charge in [0.25, 0.3) is 5.91 Å². The maximum Gasteiger partial charge on any atom is 0.416 e. The third-order valence-corrected chi connectivity index (χ3v) is 6.87. The molecule has 1 aromatic carbocycles. The molecule has 14 heteroatoms. The number of thioether (sulfide) groups is 1. The Morgan fingerprint density at radius 3 is 2.69 bits per heavy atom. The van der Waals surface area contributed by atoms with Crippen molar-refractivity contribution in [3.8, 4) is 0 Å². The van der Waals surface area contributed by atoms with Crippen molar-refractivity contribution >= 4 is 52.1 Å². The lowest BCUT2D eigenvalue weighted by Crippen LogP contribution is -2.71. The van der Waals surface area contributed by atoms with Gasteiger partial charge in [-0.2, -0.15) is 13.2 Å². The minimum Gasteiger partial charge on any atom is -0.477 e. The van der Waals surface area contributed by atoms with Crippen molar-refractivity contribution in [3.05, 3.63) is 47.3 Å². The Balaban J connectivity index is 1.41. The third-order valence-electron chi connectivity index (χ3n) is 5.53. The van der Waals surface area contributed by atoms with E-state index >= 15 is 0 Å². The molecule has 10 nitrogen and oxygen atoms in total. The number of pyridine rings is 1. The summed E-state index contributed by atoms with van der Waals surface area (Å²) in [7, 11) is 0. The number of amides is 2. The van der Waals surface area contributed by atoms with Gasteiger partial charge in [0, 0.05) is 35.5 Å². The zero-order valence-electron chi connectivity index (χ0n) is 18.6. The number of carbonyl (C=O) groups is 4. The molecule has 1 aromatic heterocycles. The quantitative estimate of drug-likeness (QED) is 0.367. The van der Waals surface area contributed by atoms with Crippen LogP contribution in [0.1, 0.15) is 12.5 Å². The van der Waals surface area contributed by atoms with Gasteiger partial charge in [-0.3, -0.25) is 24.3 Å². The number of carboxylic acid groups (broad SMARTS) is 1. The first-order chi connectivity index (χ1) is 17.0. The maximum absolute atomic E-state index is 13.0. The number of benzene rings is 1. The Morgan fingerprint density at radius 1 is 1.28 bits per heavy atom. The fourth-order valence-electron chi connectivity index (χ4n) is 3.86. The van der Waals surface area contributed by atoms with Crippen LogP contribution in [0.4, 0.5) is 18.9 Å². The average Bonchev–Trinajstić information content (AvgIpc) is 2.82. The monoisotopic (exact) mass is 524 g/mol. The van der Waals surface area contributed by atoms with Crippen molar-refractivity contribution in [1.29, 1.82) is 0 Å². The fraction of sp³-hybridized carbons (Fsp3) is 0.318. The number of carbonyl (C=O) groups excluding carboxylic acids is 3. The number of halogens is 3. The molecule has 0 radical (unpaired) electrons. The van der Waals surface area contributed by atoms with Gasteiger partial charge in [-0.25, -0.2) is 4.79 Å². The van der Waals surface area contributed by atoms with Crippen LogP contribution in [-0.4, -0.2) is 69.1 Å². The number of ether oxygens (including phenoxy) is 1. The Hall–Kier alpha value is -3.81. The second-order valence-corrected chi connectivity index (χ2v) is 9.04. The summed E-state index contributed by atoms with van der Waals surface area (Å²) < 4.78 is 43.7. The molecule has 36 heavy (non-hydrogen) atoms. The summed E-state index contributed by atoms with van der Waals surface area (Å²) in [5.41, 5.74) is -0.367. The molecule has 2 amide bonds. The van der Waals surface area contributed by atoms with Gasteiger partial charge in [-0.15, -0.1) is 11.8 Å². The van der Waals surface area contributed by atoms with Gasteiger partial charge in [0.05, 0.1) is 17.6 Å². The molecule has 2 unspecified atom stereocenters. The Bertz CT molecular complexity index is 1300. The van der Waals surface area contributed by atoms with E-state index in [-0.39, 0.29) is 35.7 Å². The van der Waals surface area contributed by atoms with Crippen molar-refractivity contribution < 1.29 is 42.2 Å². The first-order valence-electron chi connectivity index (χ1n) is 10.5. The summed E-state index contributed by atoms with van der Waals surface area (Å²) in [6.45, 7) is 0.634. The Labute approximate surface area is 205 Å². The van der Waals surface area contributed by atoms with E-state index in [2.05, 4.69) is 15.6 Å². The average molecular weight is 524 g/mol. The number of nitrogens with one attached hydrogen (secondary N) is 2. The normalized spacial score (nSPS) is 19.4. The number of fused-ring (bicyclic) bond motifs is 2. The van der Waals surface area contributed by atoms with Gasteiger partial charge in [0.1, 0.15) is 23.7 Å². The predicted molar refractivity (Wildman–Crippen MR) is 122 cm³/mol. The second-order valence-electron chi connectivity index (χ2n) is 7.93. The van der Waals surface area contributed by atoms with Crippen molar-refractivity contribution in [2.75, 3.05) is 24.2 Å². The molecule has 2 aliphatic rings. The fourth-order valence-corrected chi connectivity index (χ4v) is 5.19. The highest BCUT2D eigenvalue weighted by Crippen LogP contribution is 2.40. The molecule has 4 rings (SSSR count). The number of nitrogens with zero attached hydrogens (tertiary/aromatic N) is 2. The number of hydrogen-bond donors (Lipinski definition) is 3. The number of esters is 1. The van der Waals surface area contributed by atoms with Crippen LogP contribution in [0.2, 0.25) is 0 Å². The lowest BCUT2D eigenvalue weighted by Gasteiger charge is -2.49. The van der Waals surface area contributed by atoms with E-state index < -0.39 is 46.9 Å². The van der Waals surface area contributed by atoms with Gasteiger partial charge in [0.2, 0.25) is 5.91 Å². The summed E-state index contributed by atoms with van der Waals surface area (Å²) in [4.78, 5) is 53.0. The van der Waals surface area contributed by atoms with Gasteiger partial charge >= 0.3 is 18.1 Å². The van der Waals surface area contributed by atoms with Crippen LogP contribution in [0.5, 0.6) is 0 Å². The zero-order chi connectivity index (χ0) is 26.2. The molecule has 3 heterocycles. The number of aromatic nitrogens is 1. The second kappa shape index (κ2) is 9.68. The van der Waals surface area contributed by atoms with E-state index in [1.54, 1.807) is 0 Å². The standard InChI is InChI=1S/C22H19F3N4O6S/c1-10(30)35-8-11-9-36-20-17(19(32)29(20)18(11)21(33)34)28-16(31)7-27-14-4-5-26-15-6-12(22(23,24)25)2-3-13(14)15/h2-6,17,20H,7-9H2,1H3,(H,26,27)(H,28,31)(H,33,34). The molecule has 2 aromatic rings. The molecule has 2 aliphatic heterocycles. The maximum atomic E-state index is 13.0. The van der Waals surface area contributed by atoms with E-state index in [0.29, 0.717) is 11.1 Å². The van der Waals surface area contributed by atoms with Crippen molar-refractivity contribution in [1.82, 2.24) is 15.2 Å². The molecule has 3 N–H and O–H groups in total. The lowest BCUT2D eigenvalue weighted by molar-refractivity contribution is -0.150. The molecule has 0 spiro atoms. The molecule has 0 bridgehead atoms.